The molecule has 0 N–H and O–H groups in total. The average Bonchev–Trinajstić information content (AvgIpc) is 3.43. The van der Waals surface area contributed by atoms with Crippen molar-refractivity contribution < 1.29 is 28.6 Å². The molecule has 220 valence electrons. The molecule has 0 radical (unpaired) electrons. The first-order valence-corrected chi connectivity index (χ1v) is 14.3. The van der Waals surface area contributed by atoms with Gasteiger partial charge in [-0.05, 0) is 78.7 Å². The second-order valence-corrected chi connectivity index (χ2v) is 11.2. The molecule has 2 atom stereocenters. The minimum atomic E-state index is -0.972. The summed E-state index contributed by atoms with van der Waals surface area (Å²) < 4.78 is 16.6. The lowest BCUT2D eigenvalue weighted by molar-refractivity contribution is -0.151. The van der Waals surface area contributed by atoms with Crippen molar-refractivity contribution in [2.45, 2.75) is 38.7 Å². The largest absolute Gasteiger partial charge is 0.497 e. The van der Waals surface area contributed by atoms with Crippen molar-refractivity contribution >= 4 is 23.3 Å². The van der Waals surface area contributed by atoms with Crippen LogP contribution < -0.4 is 14.4 Å². The van der Waals surface area contributed by atoms with E-state index in [2.05, 4.69) is 38.1 Å². The Bertz CT molecular complexity index is 1580. The summed E-state index contributed by atoms with van der Waals surface area (Å²) in [4.78, 5) is 39.9. The van der Waals surface area contributed by atoms with Gasteiger partial charge in [-0.15, -0.1) is 0 Å². The molecule has 0 bridgehead atoms. The van der Waals surface area contributed by atoms with Crippen molar-refractivity contribution in [3.8, 4) is 17.2 Å². The van der Waals surface area contributed by atoms with Gasteiger partial charge in [0.1, 0.15) is 17.2 Å². The lowest BCUT2D eigenvalue weighted by Gasteiger charge is -2.26. The van der Waals surface area contributed by atoms with Crippen LogP contribution >= 0.6 is 0 Å². The van der Waals surface area contributed by atoms with E-state index < -0.39 is 18.0 Å². The molecule has 1 aliphatic rings. The Kier molecular flexibility index (Phi) is 8.62. The standard InChI is InChI=1S/C36H35NO6/c1-24(34(39)25-10-16-30(41-4)17-11-25)42-35(40)26-22-33(38)37(23-26)29-14-20-32(21-15-29)43-31-18-12-28(13-19-31)36(2,3)27-8-6-5-7-9-27/h5-21,24,26H,22-23H2,1-4H3/t24-,26-/m1/s1. The summed E-state index contributed by atoms with van der Waals surface area (Å²) in [6.45, 7) is 6.11. The monoisotopic (exact) mass is 577 g/mol. The highest BCUT2D eigenvalue weighted by molar-refractivity contribution is 6.02. The first-order valence-electron chi connectivity index (χ1n) is 14.3. The average molecular weight is 578 g/mol. The zero-order chi connectivity index (χ0) is 30.6. The number of anilines is 1. The maximum atomic E-state index is 12.8. The second kappa shape index (κ2) is 12.5. The van der Waals surface area contributed by atoms with Crippen LogP contribution in [-0.2, 0) is 19.7 Å². The zero-order valence-corrected chi connectivity index (χ0v) is 24.8. The smallest absolute Gasteiger partial charge is 0.312 e. The van der Waals surface area contributed by atoms with Crippen LogP contribution in [0.4, 0.5) is 5.69 Å². The SMILES string of the molecule is COc1ccc(C(=O)[C@@H](C)OC(=O)[C@@H]2CC(=O)N(c3ccc(Oc4ccc(C(C)(C)c5ccccc5)cc4)cc3)C2)cc1. The van der Waals surface area contributed by atoms with Crippen LogP contribution in [0.3, 0.4) is 0 Å². The fraction of sp³-hybridized carbons (Fsp3) is 0.250. The molecule has 4 aromatic carbocycles. The van der Waals surface area contributed by atoms with Crippen LogP contribution in [0, 0.1) is 5.92 Å². The van der Waals surface area contributed by atoms with E-state index in [0.717, 1.165) is 0 Å². The third kappa shape index (κ3) is 6.61. The number of hydrogen-bond donors (Lipinski definition) is 0. The van der Waals surface area contributed by atoms with Gasteiger partial charge in [-0.3, -0.25) is 14.4 Å². The van der Waals surface area contributed by atoms with E-state index in [-0.39, 0.29) is 30.1 Å². The third-order valence-electron chi connectivity index (χ3n) is 7.95. The number of benzene rings is 4. The molecule has 0 aromatic heterocycles. The Hall–Kier alpha value is -4.91. The molecule has 1 saturated heterocycles. The maximum absolute atomic E-state index is 12.8. The minimum Gasteiger partial charge on any atom is -0.497 e. The van der Waals surface area contributed by atoms with Gasteiger partial charge in [0.15, 0.2) is 6.10 Å². The number of ketones is 1. The first-order chi connectivity index (χ1) is 20.7. The van der Waals surface area contributed by atoms with Gasteiger partial charge >= 0.3 is 5.97 Å². The zero-order valence-electron chi connectivity index (χ0n) is 24.8. The van der Waals surface area contributed by atoms with Gasteiger partial charge < -0.3 is 19.1 Å². The summed E-state index contributed by atoms with van der Waals surface area (Å²) in [5, 5.41) is 0. The van der Waals surface area contributed by atoms with Crippen molar-refractivity contribution in [3.63, 3.8) is 0 Å². The van der Waals surface area contributed by atoms with E-state index in [1.54, 1.807) is 60.5 Å². The normalized spacial score (nSPS) is 15.6. The predicted molar refractivity (Wildman–Crippen MR) is 165 cm³/mol. The first kappa shape index (κ1) is 29.6. The van der Waals surface area contributed by atoms with Gasteiger partial charge in [-0.25, -0.2) is 0 Å². The number of hydrogen-bond acceptors (Lipinski definition) is 6. The summed E-state index contributed by atoms with van der Waals surface area (Å²) in [6.07, 6.45) is -0.952. The van der Waals surface area contributed by atoms with Crippen molar-refractivity contribution in [1.82, 2.24) is 0 Å². The number of Topliss-reactive ketones (excluding diaryl/α,β-unsaturated/α-hetero) is 1. The van der Waals surface area contributed by atoms with E-state index in [1.807, 2.05) is 30.3 Å². The molecule has 0 saturated carbocycles. The highest BCUT2D eigenvalue weighted by Crippen LogP contribution is 2.34. The molecule has 1 aliphatic heterocycles. The minimum absolute atomic E-state index is 0.0200. The molecule has 1 heterocycles. The van der Waals surface area contributed by atoms with Gasteiger partial charge in [0, 0.05) is 29.6 Å². The molecule has 1 amide bonds. The summed E-state index contributed by atoms with van der Waals surface area (Å²) in [5.41, 5.74) is 3.36. The lowest BCUT2D eigenvalue weighted by atomic mass is 9.78. The molecule has 0 unspecified atom stereocenters. The van der Waals surface area contributed by atoms with Crippen LogP contribution in [0.1, 0.15) is 48.7 Å². The van der Waals surface area contributed by atoms with Crippen LogP contribution in [-0.4, -0.2) is 37.4 Å². The molecule has 7 nitrogen and oxygen atoms in total. The van der Waals surface area contributed by atoms with Crippen molar-refractivity contribution in [1.29, 1.82) is 0 Å². The van der Waals surface area contributed by atoms with E-state index in [0.29, 0.717) is 28.5 Å². The number of ether oxygens (including phenoxy) is 3. The molecule has 0 aliphatic carbocycles. The van der Waals surface area contributed by atoms with Crippen LogP contribution in [0.2, 0.25) is 0 Å². The number of nitrogens with zero attached hydrogens (tertiary/aromatic N) is 1. The topological polar surface area (TPSA) is 82.1 Å². The van der Waals surface area contributed by atoms with E-state index in [1.165, 1.54) is 18.1 Å². The molecule has 1 fully saturated rings. The Morgan fingerprint density at radius 3 is 1.95 bits per heavy atom. The second-order valence-electron chi connectivity index (χ2n) is 11.2. The van der Waals surface area contributed by atoms with E-state index in [9.17, 15) is 14.4 Å². The summed E-state index contributed by atoms with van der Waals surface area (Å²) >= 11 is 0. The quantitative estimate of drug-likeness (QED) is 0.149. The fourth-order valence-electron chi connectivity index (χ4n) is 5.22. The number of amides is 1. The molecule has 5 rings (SSSR count). The van der Waals surface area contributed by atoms with Gasteiger partial charge in [0.25, 0.3) is 0 Å². The molecule has 0 spiro atoms. The third-order valence-corrected chi connectivity index (χ3v) is 7.95. The summed E-state index contributed by atoms with van der Waals surface area (Å²) in [6, 6.07) is 32.2. The van der Waals surface area contributed by atoms with Crippen molar-refractivity contribution in [2.75, 3.05) is 18.6 Å². The fourth-order valence-corrected chi connectivity index (χ4v) is 5.22. The van der Waals surface area contributed by atoms with Gasteiger partial charge in [0.05, 0.1) is 13.0 Å². The number of carbonyl (C=O) groups excluding carboxylic acids is 3. The Morgan fingerprint density at radius 2 is 1.35 bits per heavy atom. The molecule has 43 heavy (non-hydrogen) atoms. The number of rotatable bonds is 10. The van der Waals surface area contributed by atoms with E-state index in [4.69, 9.17) is 14.2 Å². The van der Waals surface area contributed by atoms with Gasteiger partial charge in [-0.2, -0.15) is 0 Å². The molecule has 7 heteroatoms. The molecular formula is C36H35NO6. The van der Waals surface area contributed by atoms with Gasteiger partial charge in [-0.1, -0.05) is 56.3 Å². The highest BCUT2D eigenvalue weighted by Gasteiger charge is 2.37. The van der Waals surface area contributed by atoms with Gasteiger partial charge in [0.2, 0.25) is 11.7 Å². The van der Waals surface area contributed by atoms with E-state index >= 15 is 0 Å². The molecule has 4 aromatic rings. The number of esters is 1. The highest BCUT2D eigenvalue weighted by atomic mass is 16.5. The van der Waals surface area contributed by atoms with Crippen molar-refractivity contribution in [3.05, 3.63) is 120 Å². The van der Waals surface area contributed by atoms with Crippen LogP contribution in [0.15, 0.2) is 103 Å². The Morgan fingerprint density at radius 1 is 0.791 bits per heavy atom. The summed E-state index contributed by atoms with van der Waals surface area (Å²) in [5.74, 6) is 0.245. The Balaban J connectivity index is 1.17. The number of methoxy groups -OCH3 is 1. The van der Waals surface area contributed by atoms with Crippen LogP contribution in [0.5, 0.6) is 17.2 Å². The molecular weight excluding hydrogens is 542 g/mol. The maximum Gasteiger partial charge on any atom is 0.312 e. The van der Waals surface area contributed by atoms with Crippen LogP contribution in [0.25, 0.3) is 0 Å². The predicted octanol–water partition coefficient (Wildman–Crippen LogP) is 6.98. The van der Waals surface area contributed by atoms with Crippen molar-refractivity contribution in [2.24, 2.45) is 5.92 Å². The summed E-state index contributed by atoms with van der Waals surface area (Å²) in [7, 11) is 1.54. The number of carbonyl (C=O) groups is 3. The lowest BCUT2D eigenvalue weighted by Crippen LogP contribution is -2.30. The Labute approximate surface area is 252 Å².